The molecule has 2 rings (SSSR count). The summed E-state index contributed by atoms with van der Waals surface area (Å²) in [4.78, 5) is 26.5. The van der Waals surface area contributed by atoms with Crippen molar-refractivity contribution in [3.05, 3.63) is 35.9 Å². The van der Waals surface area contributed by atoms with Crippen LogP contribution in [0.5, 0.6) is 0 Å². The van der Waals surface area contributed by atoms with E-state index in [4.69, 9.17) is 9.47 Å². The first-order valence-electron chi connectivity index (χ1n) is 8.31. The monoisotopic (exact) mass is 333 g/mol. The number of methoxy groups -OCH3 is 1. The van der Waals surface area contributed by atoms with Gasteiger partial charge < -0.3 is 9.47 Å². The highest BCUT2D eigenvalue weighted by molar-refractivity contribution is 5.74. The topological polar surface area (TPSA) is 55.8 Å². The molecule has 0 saturated carbocycles. The maximum atomic E-state index is 12.7. The third-order valence-corrected chi connectivity index (χ3v) is 4.48. The van der Waals surface area contributed by atoms with Crippen LogP contribution >= 0.6 is 0 Å². The lowest BCUT2D eigenvalue weighted by atomic mass is 9.77. The van der Waals surface area contributed by atoms with Gasteiger partial charge in [-0.05, 0) is 46.1 Å². The molecule has 24 heavy (non-hydrogen) atoms. The Hall–Kier alpha value is -2.04. The highest BCUT2D eigenvalue weighted by Crippen LogP contribution is 2.41. The zero-order valence-electron chi connectivity index (χ0n) is 15.2. The number of benzene rings is 1. The smallest absolute Gasteiger partial charge is 0.411 e. The van der Waals surface area contributed by atoms with Crippen molar-refractivity contribution < 1.29 is 19.1 Å². The molecule has 1 aliphatic rings. The highest BCUT2D eigenvalue weighted by atomic mass is 16.6. The lowest BCUT2D eigenvalue weighted by Crippen LogP contribution is -2.54. The predicted octanol–water partition coefficient (Wildman–Crippen LogP) is 3.72. The molecule has 2 unspecified atom stereocenters. The summed E-state index contributed by atoms with van der Waals surface area (Å²) in [5.41, 5.74) is -0.182. The number of rotatable bonds is 2. The average molecular weight is 333 g/mol. The maximum absolute atomic E-state index is 12.7. The minimum absolute atomic E-state index is 0.221. The van der Waals surface area contributed by atoms with E-state index in [9.17, 15) is 9.59 Å². The molecule has 0 aromatic heterocycles. The Morgan fingerprint density at radius 3 is 2.38 bits per heavy atom. The van der Waals surface area contributed by atoms with E-state index in [1.807, 2.05) is 58.0 Å². The maximum Gasteiger partial charge on any atom is 0.411 e. The van der Waals surface area contributed by atoms with E-state index < -0.39 is 11.1 Å². The van der Waals surface area contributed by atoms with Crippen molar-refractivity contribution in [1.29, 1.82) is 0 Å². The standard InChI is InChI=1S/C19H27NO4/c1-18(2,3)24-17(22)20-12-11-14(16(21)23-5)13-19(20,4)15-9-7-6-8-10-15/h6-10,14H,11-13H2,1-5H3. The van der Waals surface area contributed by atoms with Crippen LogP contribution in [0, 0.1) is 5.92 Å². The molecule has 2 atom stereocenters. The molecular weight excluding hydrogens is 306 g/mol. The van der Waals surface area contributed by atoms with Gasteiger partial charge >= 0.3 is 12.1 Å². The third kappa shape index (κ3) is 3.89. The molecule has 132 valence electrons. The summed E-state index contributed by atoms with van der Waals surface area (Å²) in [5.74, 6) is -0.445. The van der Waals surface area contributed by atoms with Gasteiger partial charge in [-0.2, -0.15) is 0 Å². The molecule has 0 radical (unpaired) electrons. The molecule has 0 N–H and O–H groups in total. The van der Waals surface area contributed by atoms with Crippen LogP contribution in [-0.2, 0) is 19.8 Å². The molecule has 0 bridgehead atoms. The van der Waals surface area contributed by atoms with Crippen molar-refractivity contribution in [2.45, 2.75) is 51.7 Å². The zero-order valence-corrected chi connectivity index (χ0v) is 15.2. The van der Waals surface area contributed by atoms with E-state index in [-0.39, 0.29) is 18.0 Å². The first-order valence-corrected chi connectivity index (χ1v) is 8.31. The molecule has 1 amide bonds. The molecule has 1 aromatic carbocycles. The highest BCUT2D eigenvalue weighted by Gasteiger charge is 2.46. The Balaban J connectivity index is 2.35. The number of piperidine rings is 1. The van der Waals surface area contributed by atoms with Crippen molar-refractivity contribution >= 4 is 12.1 Å². The number of amides is 1. The summed E-state index contributed by atoms with van der Waals surface area (Å²) < 4.78 is 10.5. The molecule has 1 aromatic rings. The first kappa shape index (κ1) is 18.3. The Morgan fingerprint density at radius 1 is 1.21 bits per heavy atom. The van der Waals surface area contributed by atoms with Crippen molar-refractivity contribution in [2.24, 2.45) is 5.92 Å². The van der Waals surface area contributed by atoms with Gasteiger partial charge in [-0.1, -0.05) is 30.3 Å². The normalized spacial score (nSPS) is 24.4. The van der Waals surface area contributed by atoms with E-state index in [2.05, 4.69) is 0 Å². The fraction of sp³-hybridized carbons (Fsp3) is 0.579. The molecule has 0 spiro atoms. The van der Waals surface area contributed by atoms with Gasteiger partial charge in [0.15, 0.2) is 0 Å². The van der Waals surface area contributed by atoms with Gasteiger partial charge in [0.2, 0.25) is 0 Å². The zero-order chi connectivity index (χ0) is 18.0. The second-order valence-electron chi connectivity index (χ2n) is 7.48. The summed E-state index contributed by atoms with van der Waals surface area (Å²) in [6, 6.07) is 9.78. The van der Waals surface area contributed by atoms with Gasteiger partial charge in [0, 0.05) is 6.54 Å². The van der Waals surface area contributed by atoms with Crippen LogP contribution in [0.25, 0.3) is 0 Å². The summed E-state index contributed by atoms with van der Waals surface area (Å²) in [6.07, 6.45) is 0.745. The van der Waals surface area contributed by atoms with Crippen LogP contribution < -0.4 is 0 Å². The summed E-state index contributed by atoms with van der Waals surface area (Å²) in [6.45, 7) is 8.01. The number of carbonyl (C=O) groups is 2. The Labute approximate surface area is 143 Å². The minimum atomic E-state index is -0.610. The lowest BCUT2D eigenvalue weighted by molar-refractivity contribution is -0.149. The summed E-state index contributed by atoms with van der Waals surface area (Å²) in [5, 5.41) is 0. The molecule has 1 saturated heterocycles. The van der Waals surface area contributed by atoms with E-state index >= 15 is 0 Å². The molecule has 1 heterocycles. The van der Waals surface area contributed by atoms with E-state index in [0.717, 1.165) is 5.56 Å². The van der Waals surface area contributed by atoms with Crippen molar-refractivity contribution in [1.82, 2.24) is 4.90 Å². The van der Waals surface area contributed by atoms with Gasteiger partial charge in [0.1, 0.15) is 5.60 Å². The number of ether oxygens (including phenoxy) is 2. The van der Waals surface area contributed by atoms with Gasteiger partial charge in [-0.25, -0.2) is 4.79 Å². The van der Waals surface area contributed by atoms with E-state index in [0.29, 0.717) is 19.4 Å². The summed E-state index contributed by atoms with van der Waals surface area (Å²) in [7, 11) is 1.41. The molecular formula is C19H27NO4. The van der Waals surface area contributed by atoms with Gasteiger partial charge in [0.25, 0.3) is 0 Å². The van der Waals surface area contributed by atoms with Crippen LogP contribution in [0.4, 0.5) is 4.79 Å². The van der Waals surface area contributed by atoms with Crippen LogP contribution in [0.3, 0.4) is 0 Å². The number of nitrogens with zero attached hydrogens (tertiary/aromatic N) is 1. The van der Waals surface area contributed by atoms with Gasteiger partial charge in [-0.15, -0.1) is 0 Å². The average Bonchev–Trinajstić information content (AvgIpc) is 2.53. The van der Waals surface area contributed by atoms with E-state index in [1.165, 1.54) is 7.11 Å². The van der Waals surface area contributed by atoms with Crippen molar-refractivity contribution in [3.8, 4) is 0 Å². The second-order valence-corrected chi connectivity index (χ2v) is 7.48. The SMILES string of the molecule is COC(=O)C1CCN(C(=O)OC(C)(C)C)C(C)(c2ccccc2)C1. The Kier molecular flexibility index (Phi) is 5.21. The number of hydrogen-bond donors (Lipinski definition) is 0. The molecule has 5 nitrogen and oxygen atoms in total. The minimum Gasteiger partial charge on any atom is -0.469 e. The number of likely N-dealkylation sites (tertiary alicyclic amines) is 1. The number of hydrogen-bond acceptors (Lipinski definition) is 4. The summed E-state index contributed by atoms with van der Waals surface area (Å²) >= 11 is 0. The van der Waals surface area contributed by atoms with Crippen LogP contribution in [0.1, 0.15) is 46.1 Å². The van der Waals surface area contributed by atoms with Crippen LogP contribution in [0.2, 0.25) is 0 Å². The first-order chi connectivity index (χ1) is 11.2. The lowest BCUT2D eigenvalue weighted by Gasteiger charge is -2.47. The molecule has 5 heteroatoms. The fourth-order valence-corrected chi connectivity index (χ4v) is 3.27. The Morgan fingerprint density at radius 2 is 1.83 bits per heavy atom. The quantitative estimate of drug-likeness (QED) is 0.774. The van der Waals surface area contributed by atoms with Crippen LogP contribution in [-0.4, -0.2) is 36.2 Å². The van der Waals surface area contributed by atoms with Crippen LogP contribution in [0.15, 0.2) is 30.3 Å². The number of esters is 1. The second kappa shape index (κ2) is 6.83. The molecule has 0 aliphatic carbocycles. The number of carbonyl (C=O) groups excluding carboxylic acids is 2. The van der Waals surface area contributed by atoms with Gasteiger partial charge in [0.05, 0.1) is 18.6 Å². The fourth-order valence-electron chi connectivity index (χ4n) is 3.27. The van der Waals surface area contributed by atoms with Crippen molar-refractivity contribution in [3.63, 3.8) is 0 Å². The van der Waals surface area contributed by atoms with Gasteiger partial charge in [-0.3, -0.25) is 9.69 Å². The van der Waals surface area contributed by atoms with E-state index in [1.54, 1.807) is 4.90 Å². The van der Waals surface area contributed by atoms with Crippen molar-refractivity contribution in [2.75, 3.05) is 13.7 Å². The third-order valence-electron chi connectivity index (χ3n) is 4.48. The largest absolute Gasteiger partial charge is 0.469 e. The predicted molar refractivity (Wildman–Crippen MR) is 91.5 cm³/mol. The Bertz CT molecular complexity index is 593. The molecule has 1 aliphatic heterocycles. The molecule has 1 fully saturated rings.